The van der Waals surface area contributed by atoms with Gasteiger partial charge in [0.15, 0.2) is 0 Å². The molecule has 0 aliphatic carbocycles. The van der Waals surface area contributed by atoms with Gasteiger partial charge in [-0.2, -0.15) is 0 Å². The van der Waals surface area contributed by atoms with E-state index in [9.17, 15) is 14.0 Å². The first-order valence-corrected chi connectivity index (χ1v) is 7.95. The fourth-order valence-corrected chi connectivity index (χ4v) is 2.48. The molecule has 7 heteroatoms. The van der Waals surface area contributed by atoms with Crippen LogP contribution in [0.3, 0.4) is 0 Å². The van der Waals surface area contributed by atoms with E-state index in [1.54, 1.807) is 18.2 Å². The van der Waals surface area contributed by atoms with E-state index in [1.165, 1.54) is 24.3 Å². The van der Waals surface area contributed by atoms with Gasteiger partial charge in [0.25, 0.3) is 5.91 Å². The van der Waals surface area contributed by atoms with Crippen LogP contribution in [-0.4, -0.2) is 24.9 Å². The number of benzene rings is 2. The van der Waals surface area contributed by atoms with Crippen LogP contribution in [-0.2, 0) is 11.2 Å². The van der Waals surface area contributed by atoms with Gasteiger partial charge in [0.1, 0.15) is 5.82 Å². The van der Waals surface area contributed by atoms with Gasteiger partial charge in [0, 0.05) is 11.6 Å². The minimum absolute atomic E-state index is 0.165. The third-order valence-corrected chi connectivity index (χ3v) is 3.78. The molecule has 0 spiro atoms. The maximum Gasteiger partial charge on any atom is 0.253 e. The van der Waals surface area contributed by atoms with Gasteiger partial charge >= 0.3 is 0 Å². The number of halogens is 3. The number of hydrogen-bond acceptors (Lipinski definition) is 2. The molecule has 0 fully saturated rings. The Morgan fingerprint density at radius 2 is 1.71 bits per heavy atom. The van der Waals surface area contributed by atoms with E-state index in [0.717, 1.165) is 5.56 Å². The number of rotatable bonds is 6. The van der Waals surface area contributed by atoms with Crippen LogP contribution < -0.4 is 10.6 Å². The van der Waals surface area contributed by atoms with E-state index in [1.807, 2.05) is 0 Å². The number of hydrogen-bond donors (Lipinski definition) is 2. The maximum absolute atomic E-state index is 12.8. The maximum atomic E-state index is 12.8. The fraction of sp³-hybridized carbons (Fsp3) is 0.176. The van der Waals surface area contributed by atoms with E-state index in [0.29, 0.717) is 18.0 Å². The van der Waals surface area contributed by atoms with Crippen molar-refractivity contribution in [1.29, 1.82) is 0 Å². The lowest BCUT2D eigenvalue weighted by atomic mass is 10.1. The Morgan fingerprint density at radius 3 is 2.38 bits per heavy atom. The average Bonchev–Trinajstić information content (AvgIpc) is 2.54. The van der Waals surface area contributed by atoms with Crippen molar-refractivity contribution in [1.82, 2.24) is 10.6 Å². The van der Waals surface area contributed by atoms with Crippen molar-refractivity contribution in [2.45, 2.75) is 6.42 Å². The molecule has 0 radical (unpaired) electrons. The molecule has 126 valence electrons. The van der Waals surface area contributed by atoms with Crippen molar-refractivity contribution in [2.24, 2.45) is 0 Å². The van der Waals surface area contributed by atoms with E-state index >= 15 is 0 Å². The Balaban J connectivity index is 1.74. The first-order valence-electron chi connectivity index (χ1n) is 7.20. The summed E-state index contributed by atoms with van der Waals surface area (Å²) in [5.74, 6) is -1.08. The van der Waals surface area contributed by atoms with Gasteiger partial charge in [0.2, 0.25) is 5.91 Å². The van der Waals surface area contributed by atoms with Gasteiger partial charge in [-0.05, 0) is 42.3 Å². The smallest absolute Gasteiger partial charge is 0.253 e. The van der Waals surface area contributed by atoms with Gasteiger partial charge in [-0.1, -0.05) is 35.3 Å². The molecule has 0 aliphatic rings. The van der Waals surface area contributed by atoms with Crippen molar-refractivity contribution < 1.29 is 14.0 Å². The zero-order valence-electron chi connectivity index (χ0n) is 12.6. The second-order valence-corrected chi connectivity index (χ2v) is 5.88. The van der Waals surface area contributed by atoms with Gasteiger partial charge < -0.3 is 10.6 Å². The highest BCUT2D eigenvalue weighted by atomic mass is 35.5. The van der Waals surface area contributed by atoms with E-state index < -0.39 is 5.91 Å². The van der Waals surface area contributed by atoms with Crippen LogP contribution in [0.15, 0.2) is 42.5 Å². The standard InChI is InChI=1S/C17H15Cl2FN2O2/c18-12-3-6-14(15(19)9-12)17(24)22-10-16(23)21-8-7-11-1-4-13(20)5-2-11/h1-6,9H,7-8,10H2,(H,21,23)(H,22,24). The predicted molar refractivity (Wildman–Crippen MR) is 91.9 cm³/mol. The molecule has 0 unspecified atom stereocenters. The summed E-state index contributed by atoms with van der Waals surface area (Å²) in [5.41, 5.74) is 1.16. The molecule has 0 atom stereocenters. The summed E-state index contributed by atoms with van der Waals surface area (Å²) in [6.07, 6.45) is 0.572. The van der Waals surface area contributed by atoms with Crippen LogP contribution in [0.25, 0.3) is 0 Å². The SMILES string of the molecule is O=C(CNC(=O)c1ccc(Cl)cc1Cl)NCCc1ccc(F)cc1. The average molecular weight is 369 g/mol. The van der Waals surface area contributed by atoms with E-state index in [2.05, 4.69) is 10.6 Å². The summed E-state index contributed by atoms with van der Waals surface area (Å²) in [6.45, 7) is 0.225. The molecule has 24 heavy (non-hydrogen) atoms. The van der Waals surface area contributed by atoms with Gasteiger partial charge in [-0.3, -0.25) is 9.59 Å². The lowest BCUT2D eigenvalue weighted by molar-refractivity contribution is -0.120. The first kappa shape index (κ1) is 18.2. The van der Waals surface area contributed by atoms with Gasteiger partial charge in [-0.25, -0.2) is 4.39 Å². The summed E-state index contributed by atoms with van der Waals surface area (Å²) < 4.78 is 12.8. The van der Waals surface area contributed by atoms with Crippen LogP contribution in [0.4, 0.5) is 4.39 Å². The molecule has 2 aromatic carbocycles. The van der Waals surface area contributed by atoms with Crippen molar-refractivity contribution in [2.75, 3.05) is 13.1 Å². The first-order chi connectivity index (χ1) is 11.5. The van der Waals surface area contributed by atoms with E-state index in [-0.39, 0.29) is 28.9 Å². The predicted octanol–water partition coefficient (Wildman–Crippen LogP) is 3.22. The number of nitrogens with one attached hydrogen (secondary N) is 2. The highest BCUT2D eigenvalue weighted by Gasteiger charge is 2.11. The lowest BCUT2D eigenvalue weighted by Crippen LogP contribution is -2.37. The highest BCUT2D eigenvalue weighted by molar-refractivity contribution is 6.36. The third kappa shape index (κ3) is 5.51. The molecule has 0 saturated heterocycles. The van der Waals surface area contributed by atoms with Crippen LogP contribution >= 0.6 is 23.2 Å². The van der Waals surface area contributed by atoms with Crippen LogP contribution in [0.1, 0.15) is 15.9 Å². The van der Waals surface area contributed by atoms with Crippen molar-refractivity contribution >= 4 is 35.0 Å². The fourth-order valence-electron chi connectivity index (χ4n) is 1.99. The summed E-state index contributed by atoms with van der Waals surface area (Å²) in [5, 5.41) is 5.81. The Kier molecular flexibility index (Phi) is 6.58. The monoisotopic (exact) mass is 368 g/mol. The summed E-state index contributed by atoms with van der Waals surface area (Å²) in [4.78, 5) is 23.7. The normalized spacial score (nSPS) is 10.3. The minimum Gasteiger partial charge on any atom is -0.354 e. The Bertz CT molecular complexity index is 736. The highest BCUT2D eigenvalue weighted by Crippen LogP contribution is 2.20. The van der Waals surface area contributed by atoms with Crippen molar-refractivity contribution in [3.8, 4) is 0 Å². The molecule has 0 heterocycles. The Labute approximate surface area is 149 Å². The lowest BCUT2D eigenvalue weighted by Gasteiger charge is -2.08. The van der Waals surface area contributed by atoms with Gasteiger partial charge in [-0.15, -0.1) is 0 Å². The number of carbonyl (C=O) groups is 2. The van der Waals surface area contributed by atoms with Gasteiger partial charge in [0.05, 0.1) is 17.1 Å². The molecule has 0 bridgehead atoms. The second-order valence-electron chi connectivity index (χ2n) is 5.03. The van der Waals surface area contributed by atoms with Crippen LogP contribution in [0, 0.1) is 5.82 Å². The molecular weight excluding hydrogens is 354 g/mol. The molecule has 2 amide bonds. The molecule has 0 aliphatic heterocycles. The zero-order chi connectivity index (χ0) is 17.5. The summed E-state index contributed by atoms with van der Waals surface area (Å²) in [6, 6.07) is 10.6. The summed E-state index contributed by atoms with van der Waals surface area (Å²) in [7, 11) is 0. The van der Waals surface area contributed by atoms with Crippen LogP contribution in [0.5, 0.6) is 0 Å². The topological polar surface area (TPSA) is 58.2 Å². The molecule has 0 aromatic heterocycles. The molecule has 2 rings (SSSR count). The Hall–Kier alpha value is -2.11. The molecule has 2 N–H and O–H groups in total. The molecule has 0 saturated carbocycles. The summed E-state index contributed by atoms with van der Waals surface area (Å²) >= 11 is 11.7. The Morgan fingerprint density at radius 1 is 1.00 bits per heavy atom. The molecule has 2 aromatic rings. The second kappa shape index (κ2) is 8.66. The van der Waals surface area contributed by atoms with E-state index in [4.69, 9.17) is 23.2 Å². The molecule has 4 nitrogen and oxygen atoms in total. The van der Waals surface area contributed by atoms with Crippen molar-refractivity contribution in [3.05, 3.63) is 69.5 Å². The number of carbonyl (C=O) groups excluding carboxylic acids is 2. The van der Waals surface area contributed by atoms with Crippen LogP contribution in [0.2, 0.25) is 10.0 Å². The third-order valence-electron chi connectivity index (χ3n) is 3.23. The largest absolute Gasteiger partial charge is 0.354 e. The quantitative estimate of drug-likeness (QED) is 0.822. The molecular formula is C17H15Cl2FN2O2. The van der Waals surface area contributed by atoms with Crippen molar-refractivity contribution in [3.63, 3.8) is 0 Å². The zero-order valence-corrected chi connectivity index (χ0v) is 14.1. The number of amides is 2. The minimum atomic E-state index is -0.453.